The van der Waals surface area contributed by atoms with E-state index in [2.05, 4.69) is 5.32 Å². The highest BCUT2D eigenvalue weighted by molar-refractivity contribution is 5.95. The molecule has 2 saturated carbocycles. The van der Waals surface area contributed by atoms with Crippen molar-refractivity contribution in [1.82, 2.24) is 0 Å². The van der Waals surface area contributed by atoms with E-state index in [1.165, 1.54) is 5.56 Å². The second-order valence-corrected chi connectivity index (χ2v) is 6.25. The summed E-state index contributed by atoms with van der Waals surface area (Å²) in [6, 6.07) is 7.85. The fraction of sp³-hybridized carbons (Fsp3) is 0.529. The summed E-state index contributed by atoms with van der Waals surface area (Å²) in [7, 11) is 0. The van der Waals surface area contributed by atoms with Gasteiger partial charge < -0.3 is 5.32 Å². The molecular weight excluding hydrogens is 250 g/mol. The second kappa shape index (κ2) is 5.39. The normalized spacial score (nSPS) is 29.1. The van der Waals surface area contributed by atoms with Gasteiger partial charge in [-0.05, 0) is 44.7 Å². The number of carbonyl (C=O) groups excluding carboxylic acids is 2. The van der Waals surface area contributed by atoms with E-state index in [1.54, 1.807) is 0 Å². The molecule has 1 aromatic rings. The molecule has 1 N–H and O–H groups in total. The molecule has 0 aromatic heterocycles. The Bertz CT molecular complexity index is 504. The summed E-state index contributed by atoms with van der Waals surface area (Å²) in [6.45, 7) is 2.03. The Morgan fingerprint density at radius 1 is 1.10 bits per heavy atom. The third kappa shape index (κ3) is 2.62. The molecule has 106 valence electrons. The summed E-state index contributed by atoms with van der Waals surface area (Å²) in [5.41, 5.74) is 2.03. The molecule has 2 aliphatic rings. The monoisotopic (exact) mass is 271 g/mol. The third-order valence-electron chi connectivity index (χ3n) is 4.74. The van der Waals surface area contributed by atoms with Crippen LogP contribution in [0.15, 0.2) is 24.3 Å². The summed E-state index contributed by atoms with van der Waals surface area (Å²) in [6.07, 6.45) is 4.58. The number of fused-ring (bicyclic) bond motifs is 2. The summed E-state index contributed by atoms with van der Waals surface area (Å²) >= 11 is 0. The standard InChI is InChI=1S/C17H21NO2/c1-11-5-7-15(8-6-11)18-17(20)14-9-12-3-2-4-13(10-14)16(12)19/h5-8,12-14H,2-4,9-10H2,1H3,(H,18,20)/t12-,13-/m0/s1. The number of benzene rings is 1. The molecule has 0 spiro atoms. The molecule has 3 rings (SSSR count). The number of carbonyl (C=O) groups is 2. The van der Waals surface area contributed by atoms with E-state index < -0.39 is 0 Å². The van der Waals surface area contributed by atoms with Gasteiger partial charge in [-0.2, -0.15) is 0 Å². The molecule has 0 radical (unpaired) electrons. The zero-order valence-corrected chi connectivity index (χ0v) is 11.9. The van der Waals surface area contributed by atoms with Crippen LogP contribution in [0.3, 0.4) is 0 Å². The van der Waals surface area contributed by atoms with E-state index >= 15 is 0 Å². The molecule has 1 aromatic carbocycles. The molecule has 2 bridgehead atoms. The van der Waals surface area contributed by atoms with Gasteiger partial charge in [-0.25, -0.2) is 0 Å². The van der Waals surface area contributed by atoms with Crippen molar-refractivity contribution < 1.29 is 9.59 Å². The smallest absolute Gasteiger partial charge is 0.227 e. The van der Waals surface area contributed by atoms with Gasteiger partial charge in [-0.1, -0.05) is 24.1 Å². The minimum Gasteiger partial charge on any atom is -0.326 e. The number of ketones is 1. The lowest BCUT2D eigenvalue weighted by atomic mass is 9.67. The number of hydrogen-bond donors (Lipinski definition) is 1. The Balaban J connectivity index is 1.66. The summed E-state index contributed by atoms with van der Waals surface area (Å²) in [5, 5.41) is 2.99. The second-order valence-electron chi connectivity index (χ2n) is 6.25. The topological polar surface area (TPSA) is 46.2 Å². The Morgan fingerprint density at radius 2 is 1.70 bits per heavy atom. The lowest BCUT2D eigenvalue weighted by Gasteiger charge is -2.36. The number of amides is 1. The van der Waals surface area contributed by atoms with Crippen molar-refractivity contribution in [1.29, 1.82) is 0 Å². The van der Waals surface area contributed by atoms with Crippen LogP contribution in [0.25, 0.3) is 0 Å². The predicted molar refractivity (Wildman–Crippen MR) is 78.4 cm³/mol. The minimum absolute atomic E-state index is 0.00398. The van der Waals surface area contributed by atoms with E-state index in [9.17, 15) is 9.59 Å². The van der Waals surface area contributed by atoms with Gasteiger partial charge >= 0.3 is 0 Å². The van der Waals surface area contributed by atoms with Gasteiger partial charge in [-0.3, -0.25) is 9.59 Å². The fourth-order valence-electron chi connectivity index (χ4n) is 3.57. The number of nitrogens with one attached hydrogen (secondary N) is 1. The molecule has 2 aliphatic carbocycles. The predicted octanol–water partition coefficient (Wildman–Crippen LogP) is 3.33. The van der Waals surface area contributed by atoms with Crippen molar-refractivity contribution >= 4 is 17.4 Å². The number of hydrogen-bond acceptors (Lipinski definition) is 2. The molecule has 2 fully saturated rings. The van der Waals surface area contributed by atoms with Crippen molar-refractivity contribution in [3.05, 3.63) is 29.8 Å². The highest BCUT2D eigenvalue weighted by atomic mass is 16.2. The van der Waals surface area contributed by atoms with Crippen LogP contribution in [0.2, 0.25) is 0 Å². The first kappa shape index (κ1) is 13.3. The van der Waals surface area contributed by atoms with E-state index in [0.29, 0.717) is 5.78 Å². The van der Waals surface area contributed by atoms with Crippen LogP contribution in [0.5, 0.6) is 0 Å². The Morgan fingerprint density at radius 3 is 2.30 bits per heavy atom. The molecule has 2 atom stereocenters. The lowest BCUT2D eigenvalue weighted by Crippen LogP contribution is -2.40. The average Bonchev–Trinajstić information content (AvgIpc) is 2.41. The third-order valence-corrected chi connectivity index (χ3v) is 4.74. The van der Waals surface area contributed by atoms with Crippen molar-refractivity contribution in [2.24, 2.45) is 17.8 Å². The van der Waals surface area contributed by atoms with Gasteiger partial charge in [0.2, 0.25) is 5.91 Å². The highest BCUT2D eigenvalue weighted by Gasteiger charge is 2.41. The van der Waals surface area contributed by atoms with Crippen LogP contribution in [0, 0.1) is 24.7 Å². The molecule has 20 heavy (non-hydrogen) atoms. The van der Waals surface area contributed by atoms with Crippen molar-refractivity contribution in [2.75, 3.05) is 5.32 Å². The first-order chi connectivity index (χ1) is 9.63. The largest absolute Gasteiger partial charge is 0.326 e. The summed E-state index contributed by atoms with van der Waals surface area (Å²) in [5.74, 6) is 0.769. The van der Waals surface area contributed by atoms with Crippen LogP contribution in [-0.2, 0) is 9.59 Å². The summed E-state index contributed by atoms with van der Waals surface area (Å²) < 4.78 is 0. The van der Waals surface area contributed by atoms with Crippen LogP contribution >= 0.6 is 0 Å². The Labute approximate surface area is 119 Å². The maximum absolute atomic E-state index is 12.4. The van der Waals surface area contributed by atoms with Gasteiger partial charge in [-0.15, -0.1) is 0 Å². The maximum Gasteiger partial charge on any atom is 0.227 e. The molecule has 0 unspecified atom stereocenters. The first-order valence-corrected chi connectivity index (χ1v) is 7.55. The highest BCUT2D eigenvalue weighted by Crippen LogP contribution is 2.40. The number of Topliss-reactive ketones (excluding diaryl/α,β-unsaturated/α-hetero) is 1. The van der Waals surface area contributed by atoms with Gasteiger partial charge in [0.05, 0.1) is 0 Å². The van der Waals surface area contributed by atoms with Crippen LogP contribution < -0.4 is 5.32 Å². The molecule has 0 saturated heterocycles. The van der Waals surface area contributed by atoms with Gasteiger partial charge in [0.15, 0.2) is 0 Å². The van der Waals surface area contributed by atoms with E-state index in [1.807, 2.05) is 31.2 Å². The zero-order valence-electron chi connectivity index (χ0n) is 11.9. The van der Waals surface area contributed by atoms with Crippen molar-refractivity contribution in [3.63, 3.8) is 0 Å². The maximum atomic E-state index is 12.4. The zero-order chi connectivity index (χ0) is 14.1. The number of anilines is 1. The average molecular weight is 271 g/mol. The Kier molecular flexibility index (Phi) is 3.60. The number of aryl methyl sites for hydroxylation is 1. The van der Waals surface area contributed by atoms with Crippen molar-refractivity contribution in [3.8, 4) is 0 Å². The molecule has 0 aliphatic heterocycles. The van der Waals surface area contributed by atoms with Gasteiger partial charge in [0.1, 0.15) is 5.78 Å². The van der Waals surface area contributed by atoms with Crippen LogP contribution in [0.1, 0.15) is 37.7 Å². The fourth-order valence-corrected chi connectivity index (χ4v) is 3.57. The van der Waals surface area contributed by atoms with E-state index in [4.69, 9.17) is 0 Å². The van der Waals surface area contributed by atoms with Crippen LogP contribution in [0.4, 0.5) is 5.69 Å². The summed E-state index contributed by atoms with van der Waals surface area (Å²) in [4.78, 5) is 24.4. The van der Waals surface area contributed by atoms with Crippen molar-refractivity contribution in [2.45, 2.75) is 39.0 Å². The van der Waals surface area contributed by atoms with Gasteiger partial charge in [0.25, 0.3) is 0 Å². The molecule has 3 nitrogen and oxygen atoms in total. The van der Waals surface area contributed by atoms with E-state index in [0.717, 1.165) is 37.8 Å². The first-order valence-electron chi connectivity index (χ1n) is 7.55. The van der Waals surface area contributed by atoms with Gasteiger partial charge in [0, 0.05) is 23.4 Å². The number of rotatable bonds is 2. The minimum atomic E-state index is 0.00398. The molecular formula is C17H21NO2. The Hall–Kier alpha value is -1.64. The quantitative estimate of drug-likeness (QED) is 0.896. The van der Waals surface area contributed by atoms with Crippen LogP contribution in [-0.4, -0.2) is 11.7 Å². The SMILES string of the molecule is Cc1ccc(NC(=O)C2C[C@@H]3CCC[C@@H](C2)C3=O)cc1. The molecule has 3 heteroatoms. The van der Waals surface area contributed by atoms with E-state index in [-0.39, 0.29) is 23.7 Å². The molecule has 0 heterocycles. The lowest BCUT2D eigenvalue weighted by molar-refractivity contribution is -0.136. The molecule has 1 amide bonds.